The van der Waals surface area contributed by atoms with Crippen molar-refractivity contribution in [1.82, 2.24) is 4.90 Å². The first kappa shape index (κ1) is 29.2. The minimum atomic E-state index is -2.61. The van der Waals surface area contributed by atoms with Gasteiger partial charge >= 0.3 is 11.9 Å². The number of aromatic hydroxyl groups is 1. The van der Waals surface area contributed by atoms with Gasteiger partial charge < -0.3 is 30.9 Å². The van der Waals surface area contributed by atoms with Crippen LogP contribution in [-0.4, -0.2) is 96.7 Å². The van der Waals surface area contributed by atoms with Gasteiger partial charge in [0.25, 0.3) is 0 Å². The number of primary amides is 1. The Balaban J connectivity index is 1.80. The number of phenols is 1. The quantitative estimate of drug-likeness (QED) is 0.146. The van der Waals surface area contributed by atoms with Crippen molar-refractivity contribution in [2.75, 3.05) is 45.0 Å². The smallest absolute Gasteiger partial charge is 0.397 e. The number of hydrogen-bond donors (Lipinski definition) is 4. The molecule has 2 fully saturated rings. The van der Waals surface area contributed by atoms with Gasteiger partial charge in [0.05, 0.1) is 18.3 Å². The molecule has 3 aliphatic rings. The molecule has 4 rings (SSSR count). The normalized spacial score (nSPS) is 29.3. The number of anilines is 2. The van der Waals surface area contributed by atoms with E-state index in [1.165, 1.54) is 11.0 Å². The highest BCUT2D eigenvalue weighted by Gasteiger charge is 2.68. The lowest BCUT2D eigenvalue weighted by Crippen LogP contribution is -2.73. The second-order valence-corrected chi connectivity index (χ2v) is 11.1. The molecule has 5 N–H and O–H groups in total. The van der Waals surface area contributed by atoms with E-state index in [1.54, 1.807) is 40.0 Å². The van der Waals surface area contributed by atoms with Gasteiger partial charge in [0.2, 0.25) is 5.91 Å². The number of amides is 2. The zero-order valence-electron chi connectivity index (χ0n) is 23.0. The van der Waals surface area contributed by atoms with Gasteiger partial charge in [0.1, 0.15) is 5.75 Å². The first-order chi connectivity index (χ1) is 18.7. The molecule has 0 aliphatic heterocycles. The van der Waals surface area contributed by atoms with Crippen molar-refractivity contribution < 1.29 is 43.7 Å². The maximum atomic E-state index is 14.0. The van der Waals surface area contributed by atoms with Crippen LogP contribution in [0.1, 0.15) is 24.5 Å². The van der Waals surface area contributed by atoms with Gasteiger partial charge in [-0.1, -0.05) is 0 Å². The molecule has 2 saturated carbocycles. The van der Waals surface area contributed by atoms with E-state index < -0.39 is 70.4 Å². The molecule has 13 heteroatoms. The number of Topliss-reactive ketones (excluding diaryl/α,β-unsaturated/α-hetero) is 3. The largest absolute Gasteiger partial charge is 0.505 e. The molecule has 13 nitrogen and oxygen atoms in total. The van der Waals surface area contributed by atoms with Crippen molar-refractivity contribution in [3.8, 4) is 5.75 Å². The van der Waals surface area contributed by atoms with Crippen molar-refractivity contribution >= 4 is 46.5 Å². The summed E-state index contributed by atoms with van der Waals surface area (Å²) < 4.78 is 4.71. The van der Waals surface area contributed by atoms with Gasteiger partial charge in [-0.2, -0.15) is 0 Å². The number of ether oxygens (including phenoxy) is 1. The molecule has 0 aromatic heterocycles. The molecule has 40 heavy (non-hydrogen) atoms. The van der Waals surface area contributed by atoms with E-state index in [-0.39, 0.29) is 37.3 Å². The fourth-order valence-electron chi connectivity index (χ4n) is 6.64. The zero-order chi connectivity index (χ0) is 29.8. The molecule has 6 atom stereocenters. The number of likely N-dealkylation sites (N-methyl/N-ethyl adjacent to an activating group) is 1. The number of aliphatic hydroxyl groups is 1. The number of ketones is 3. The highest BCUT2D eigenvalue weighted by atomic mass is 16.5. The van der Waals surface area contributed by atoms with Gasteiger partial charge in [-0.25, -0.2) is 4.79 Å². The van der Waals surface area contributed by atoms with Crippen LogP contribution < -0.4 is 16.0 Å². The van der Waals surface area contributed by atoms with Crippen molar-refractivity contribution in [3.63, 3.8) is 0 Å². The van der Waals surface area contributed by atoms with Crippen LogP contribution in [0.15, 0.2) is 6.07 Å². The molecule has 0 heterocycles. The Bertz CT molecular complexity index is 1320. The van der Waals surface area contributed by atoms with E-state index in [0.717, 1.165) is 0 Å². The molecule has 2 amide bonds. The van der Waals surface area contributed by atoms with Gasteiger partial charge in [-0.15, -0.1) is 0 Å². The number of carbonyl (C=O) groups excluding carboxylic acids is 6. The molecule has 5 unspecified atom stereocenters. The molecule has 216 valence electrons. The Hall–Kier alpha value is -3.84. The lowest BCUT2D eigenvalue weighted by atomic mass is 9.52. The third-order valence-corrected chi connectivity index (χ3v) is 8.39. The second kappa shape index (κ2) is 10.3. The second-order valence-electron chi connectivity index (χ2n) is 11.1. The predicted molar refractivity (Wildman–Crippen MR) is 140 cm³/mol. The molecule has 0 saturated heterocycles. The summed E-state index contributed by atoms with van der Waals surface area (Å²) in [7, 11) is 6.64. The summed E-state index contributed by atoms with van der Waals surface area (Å²) in [6.07, 6.45) is 0.319. The molecule has 0 bridgehead atoms. The minimum absolute atomic E-state index is 0.0178. The molecule has 1 aromatic rings. The zero-order valence-corrected chi connectivity index (χ0v) is 23.0. The van der Waals surface area contributed by atoms with Crippen LogP contribution in [0.4, 0.5) is 11.4 Å². The Morgan fingerprint density at radius 2 is 1.75 bits per heavy atom. The van der Waals surface area contributed by atoms with Crippen LogP contribution in [0.2, 0.25) is 0 Å². The van der Waals surface area contributed by atoms with Gasteiger partial charge in [-0.3, -0.25) is 28.9 Å². The summed E-state index contributed by atoms with van der Waals surface area (Å²) in [5.41, 5.74) is 4.31. The lowest BCUT2D eigenvalue weighted by Gasteiger charge is -2.53. The van der Waals surface area contributed by atoms with E-state index in [2.05, 4.69) is 5.32 Å². The summed E-state index contributed by atoms with van der Waals surface area (Å²) in [6, 6.07) is 0.425. The van der Waals surface area contributed by atoms with Gasteiger partial charge in [0.15, 0.2) is 28.9 Å². The minimum Gasteiger partial charge on any atom is -0.505 e. The fourth-order valence-corrected chi connectivity index (χ4v) is 6.64. The highest BCUT2D eigenvalue weighted by molar-refractivity contribution is 6.37. The number of phenolic OH excluding ortho intramolecular Hbond substituents is 1. The summed E-state index contributed by atoms with van der Waals surface area (Å²) in [6.45, 7) is 1.52. The SMILES string of the molecule is CCOC(=O)C(=O)Nc1cc(N(C)C)c2c(c1O)CC1C(=O)C3(O)C(=O)C(C(N)=O)C(=O)[C@@H](N(C)C)C3CC1C2. The average molecular weight is 559 g/mol. The molecule has 3 aliphatic carbocycles. The summed E-state index contributed by atoms with van der Waals surface area (Å²) in [5, 5.41) is 25.2. The van der Waals surface area contributed by atoms with E-state index in [1.807, 2.05) is 0 Å². The monoisotopic (exact) mass is 558 g/mol. The maximum Gasteiger partial charge on any atom is 0.397 e. The van der Waals surface area contributed by atoms with Crippen LogP contribution in [0.3, 0.4) is 0 Å². The molecule has 0 radical (unpaired) electrons. The Kier molecular flexibility index (Phi) is 7.50. The van der Waals surface area contributed by atoms with E-state index in [9.17, 15) is 39.0 Å². The number of carbonyl (C=O) groups is 6. The molecule has 0 spiro atoms. The fraction of sp³-hybridized carbons (Fsp3) is 0.556. The van der Waals surface area contributed by atoms with Crippen LogP contribution in [0.5, 0.6) is 5.75 Å². The Morgan fingerprint density at radius 3 is 2.30 bits per heavy atom. The van der Waals surface area contributed by atoms with E-state index >= 15 is 0 Å². The number of benzene rings is 1. The summed E-state index contributed by atoms with van der Waals surface area (Å²) in [4.78, 5) is 80.1. The number of esters is 1. The summed E-state index contributed by atoms with van der Waals surface area (Å²) >= 11 is 0. The Labute approximate surface area is 230 Å². The number of nitrogens with two attached hydrogens (primary N) is 1. The number of nitrogens with zero attached hydrogens (tertiary/aromatic N) is 2. The topological polar surface area (TPSA) is 197 Å². The Morgan fingerprint density at radius 1 is 1.10 bits per heavy atom. The number of rotatable bonds is 5. The van der Waals surface area contributed by atoms with Gasteiger partial charge in [-0.05, 0) is 57.8 Å². The third kappa shape index (κ3) is 4.33. The molecular formula is C27H34N4O9. The van der Waals surface area contributed by atoms with Crippen LogP contribution in [-0.2, 0) is 46.3 Å². The molecular weight excluding hydrogens is 524 g/mol. The first-order valence-electron chi connectivity index (χ1n) is 13.0. The lowest BCUT2D eigenvalue weighted by molar-refractivity contribution is -0.183. The standard InChI is InChI=1S/C27H34N4O9/c1-6-40-26(38)25(37)29-16-10-17(30(2)3)13-7-11-8-15-19(31(4)5)21(33)18(24(28)36)23(35)27(15,39)22(34)12(11)9-14(13)20(16)32/h10-12,15,18-19,32,39H,6-9H2,1-5H3,(H2,28,36)(H,29,37)/t11?,12?,15?,18?,19-,27?/m0/s1. The van der Waals surface area contributed by atoms with E-state index in [0.29, 0.717) is 16.8 Å². The highest BCUT2D eigenvalue weighted by Crippen LogP contribution is 2.52. The van der Waals surface area contributed by atoms with Crippen LogP contribution in [0.25, 0.3) is 0 Å². The van der Waals surface area contributed by atoms with Crippen LogP contribution >= 0.6 is 0 Å². The van der Waals surface area contributed by atoms with Crippen molar-refractivity contribution in [2.45, 2.75) is 37.8 Å². The van der Waals surface area contributed by atoms with Crippen molar-refractivity contribution in [2.24, 2.45) is 29.4 Å². The van der Waals surface area contributed by atoms with Crippen molar-refractivity contribution in [1.29, 1.82) is 0 Å². The van der Waals surface area contributed by atoms with E-state index in [4.69, 9.17) is 10.5 Å². The first-order valence-corrected chi connectivity index (χ1v) is 13.0. The van der Waals surface area contributed by atoms with Gasteiger partial charge in [0, 0.05) is 37.2 Å². The van der Waals surface area contributed by atoms with Crippen LogP contribution in [0, 0.1) is 23.7 Å². The maximum absolute atomic E-state index is 14.0. The number of fused-ring (bicyclic) bond motifs is 3. The third-order valence-electron chi connectivity index (χ3n) is 8.39. The predicted octanol–water partition coefficient (Wildman–Crippen LogP) is -1.21. The number of nitrogens with one attached hydrogen (secondary N) is 1. The van der Waals surface area contributed by atoms with Crippen molar-refractivity contribution in [3.05, 3.63) is 17.2 Å². The number of hydrogen-bond acceptors (Lipinski definition) is 11. The molecule has 1 aromatic carbocycles. The average Bonchev–Trinajstić information content (AvgIpc) is 2.86. The summed E-state index contributed by atoms with van der Waals surface area (Å²) in [5.74, 6) is -11.0.